The number of anilines is 2. The van der Waals surface area contributed by atoms with E-state index in [4.69, 9.17) is 0 Å². The Kier molecular flexibility index (Phi) is 10.2. The van der Waals surface area contributed by atoms with Gasteiger partial charge in [-0.25, -0.2) is 4.98 Å². The molecule has 5 rings (SSSR count). The first-order chi connectivity index (χ1) is 21.7. The molecule has 0 aliphatic carbocycles. The van der Waals surface area contributed by atoms with Crippen LogP contribution in [0.15, 0.2) is 120 Å². The van der Waals surface area contributed by atoms with Crippen molar-refractivity contribution in [2.24, 2.45) is 0 Å². The quantitative estimate of drug-likeness (QED) is 0.107. The SMILES string of the molecule is Cc1ccc(-c2nc(NC(=O)C(C)Sc3cccc(NC(=O)/C(=C/c4ccccc4)NC(=O)c4ccccc4)c3)sc2C)cc1. The number of carbonyl (C=O) groups excluding carboxylic acids is 3. The van der Waals surface area contributed by atoms with Gasteiger partial charge in [-0.2, -0.15) is 0 Å². The van der Waals surface area contributed by atoms with E-state index in [-0.39, 0.29) is 11.6 Å². The van der Waals surface area contributed by atoms with Gasteiger partial charge in [0, 0.05) is 26.6 Å². The molecular formula is C36H32N4O3S2. The van der Waals surface area contributed by atoms with Gasteiger partial charge in [0.15, 0.2) is 5.13 Å². The van der Waals surface area contributed by atoms with Gasteiger partial charge in [0.2, 0.25) is 5.91 Å². The van der Waals surface area contributed by atoms with E-state index in [0.29, 0.717) is 16.4 Å². The molecule has 45 heavy (non-hydrogen) atoms. The van der Waals surface area contributed by atoms with Gasteiger partial charge in [0.25, 0.3) is 11.8 Å². The Morgan fingerprint density at radius 2 is 1.51 bits per heavy atom. The summed E-state index contributed by atoms with van der Waals surface area (Å²) in [6.45, 7) is 5.86. The Balaban J connectivity index is 1.25. The molecule has 3 amide bonds. The minimum atomic E-state index is -0.473. The van der Waals surface area contributed by atoms with Crippen molar-refractivity contribution in [2.75, 3.05) is 10.6 Å². The second-order valence-corrected chi connectivity index (χ2v) is 12.9. The van der Waals surface area contributed by atoms with Crippen LogP contribution in [0.3, 0.4) is 0 Å². The zero-order chi connectivity index (χ0) is 31.8. The van der Waals surface area contributed by atoms with E-state index in [0.717, 1.165) is 26.6 Å². The Morgan fingerprint density at radius 3 is 2.22 bits per heavy atom. The fourth-order valence-electron chi connectivity index (χ4n) is 4.40. The highest BCUT2D eigenvalue weighted by molar-refractivity contribution is 8.00. The van der Waals surface area contributed by atoms with Crippen molar-refractivity contribution in [3.05, 3.63) is 136 Å². The maximum atomic E-state index is 13.4. The second-order valence-electron chi connectivity index (χ2n) is 10.3. The molecule has 7 nitrogen and oxygen atoms in total. The number of aryl methyl sites for hydroxylation is 2. The summed E-state index contributed by atoms with van der Waals surface area (Å²) in [5, 5.41) is 8.71. The van der Waals surface area contributed by atoms with Crippen LogP contribution >= 0.6 is 23.1 Å². The lowest BCUT2D eigenvalue weighted by Crippen LogP contribution is -2.30. The molecule has 0 aliphatic rings. The summed E-state index contributed by atoms with van der Waals surface area (Å²) in [6.07, 6.45) is 1.63. The van der Waals surface area contributed by atoms with Gasteiger partial charge in [-0.15, -0.1) is 23.1 Å². The van der Waals surface area contributed by atoms with Crippen molar-refractivity contribution < 1.29 is 14.4 Å². The highest BCUT2D eigenvalue weighted by Crippen LogP contribution is 2.32. The molecule has 0 saturated carbocycles. The number of nitrogens with zero attached hydrogens (tertiary/aromatic N) is 1. The average molecular weight is 633 g/mol. The third-order valence-corrected chi connectivity index (χ3v) is 8.75. The second kappa shape index (κ2) is 14.7. The van der Waals surface area contributed by atoms with Gasteiger partial charge < -0.3 is 16.0 Å². The number of amides is 3. The summed E-state index contributed by atoms with van der Waals surface area (Å²) >= 11 is 2.81. The van der Waals surface area contributed by atoms with Crippen LogP contribution in [-0.2, 0) is 9.59 Å². The number of aromatic nitrogens is 1. The zero-order valence-electron chi connectivity index (χ0n) is 25.0. The summed E-state index contributed by atoms with van der Waals surface area (Å²) < 4.78 is 0. The van der Waals surface area contributed by atoms with Crippen molar-refractivity contribution in [3.8, 4) is 11.3 Å². The van der Waals surface area contributed by atoms with Gasteiger partial charge in [0.1, 0.15) is 5.70 Å². The molecule has 1 atom stereocenters. The zero-order valence-corrected chi connectivity index (χ0v) is 26.7. The molecule has 1 heterocycles. The van der Waals surface area contributed by atoms with Crippen molar-refractivity contribution >= 4 is 57.7 Å². The monoisotopic (exact) mass is 632 g/mol. The molecule has 0 saturated heterocycles. The number of benzene rings is 4. The number of thioether (sulfide) groups is 1. The van der Waals surface area contributed by atoms with Crippen LogP contribution in [0.25, 0.3) is 17.3 Å². The minimum Gasteiger partial charge on any atom is -0.321 e. The molecule has 0 fully saturated rings. The van der Waals surface area contributed by atoms with Crippen LogP contribution in [0.5, 0.6) is 0 Å². The van der Waals surface area contributed by atoms with Gasteiger partial charge in [-0.3, -0.25) is 14.4 Å². The van der Waals surface area contributed by atoms with E-state index in [1.807, 2.05) is 93.6 Å². The van der Waals surface area contributed by atoms with Crippen molar-refractivity contribution in [3.63, 3.8) is 0 Å². The number of hydrogen-bond donors (Lipinski definition) is 3. The number of nitrogens with one attached hydrogen (secondary N) is 3. The largest absolute Gasteiger partial charge is 0.321 e. The number of rotatable bonds is 10. The molecule has 4 aromatic carbocycles. The van der Waals surface area contributed by atoms with E-state index in [2.05, 4.69) is 20.9 Å². The van der Waals surface area contributed by atoms with Crippen molar-refractivity contribution in [1.82, 2.24) is 10.3 Å². The molecule has 0 aliphatic heterocycles. The molecule has 3 N–H and O–H groups in total. The number of thiazole rings is 1. The molecule has 226 valence electrons. The maximum Gasteiger partial charge on any atom is 0.272 e. The van der Waals surface area contributed by atoms with Gasteiger partial charge >= 0.3 is 0 Å². The summed E-state index contributed by atoms with van der Waals surface area (Å²) in [7, 11) is 0. The Bertz CT molecular complexity index is 1840. The lowest BCUT2D eigenvalue weighted by Gasteiger charge is -2.13. The lowest BCUT2D eigenvalue weighted by atomic mass is 10.1. The molecule has 5 aromatic rings. The summed E-state index contributed by atoms with van der Waals surface area (Å²) in [5.41, 5.74) is 4.88. The Labute approximate surface area is 270 Å². The van der Waals surface area contributed by atoms with Crippen LogP contribution in [0.1, 0.15) is 33.3 Å². The molecule has 1 aromatic heterocycles. The van der Waals surface area contributed by atoms with Crippen LogP contribution in [0.4, 0.5) is 10.8 Å². The number of hydrogen-bond acceptors (Lipinski definition) is 6. The molecule has 0 radical (unpaired) electrons. The summed E-state index contributed by atoms with van der Waals surface area (Å²) in [6, 6.07) is 33.4. The third kappa shape index (κ3) is 8.56. The molecule has 9 heteroatoms. The Hall–Kier alpha value is -4.99. The van der Waals surface area contributed by atoms with E-state index < -0.39 is 17.1 Å². The van der Waals surface area contributed by atoms with Crippen molar-refractivity contribution in [2.45, 2.75) is 30.9 Å². The first-order valence-electron chi connectivity index (χ1n) is 14.3. The first-order valence-corrected chi connectivity index (χ1v) is 16.0. The van der Waals surface area contributed by atoms with Crippen LogP contribution in [-0.4, -0.2) is 28.0 Å². The highest BCUT2D eigenvalue weighted by atomic mass is 32.2. The van der Waals surface area contributed by atoms with Gasteiger partial charge in [0.05, 0.1) is 10.9 Å². The minimum absolute atomic E-state index is 0.101. The number of carbonyl (C=O) groups is 3. The van der Waals surface area contributed by atoms with Crippen LogP contribution in [0.2, 0.25) is 0 Å². The summed E-state index contributed by atoms with van der Waals surface area (Å²) in [4.78, 5) is 45.9. The molecular weight excluding hydrogens is 601 g/mol. The van der Waals surface area contributed by atoms with E-state index >= 15 is 0 Å². The highest BCUT2D eigenvalue weighted by Gasteiger charge is 2.19. The standard InChI is InChI=1S/C36H32N4O3S2/c1-23-17-19-27(20-18-23)32-24(2)45-36(39-32)40-33(41)25(3)44-30-16-10-15-29(22-30)37-35(43)31(21-26-11-6-4-7-12-26)38-34(42)28-13-8-5-9-14-28/h4-22,25H,1-3H3,(H,37,43)(H,38,42)(H,39,40,41)/b31-21-. The fraction of sp³-hybridized carbons (Fsp3) is 0.111. The normalized spacial score (nSPS) is 11.8. The van der Waals surface area contributed by atoms with Gasteiger partial charge in [-0.05, 0) is 62.7 Å². The lowest BCUT2D eigenvalue weighted by molar-refractivity contribution is -0.115. The van der Waals surface area contributed by atoms with Crippen molar-refractivity contribution in [1.29, 1.82) is 0 Å². The Morgan fingerprint density at radius 1 is 0.822 bits per heavy atom. The fourth-order valence-corrected chi connectivity index (χ4v) is 6.16. The third-order valence-electron chi connectivity index (χ3n) is 6.77. The van der Waals surface area contributed by atoms with E-state index in [1.54, 1.807) is 42.5 Å². The van der Waals surface area contributed by atoms with Crippen LogP contribution < -0.4 is 16.0 Å². The maximum absolute atomic E-state index is 13.4. The first kappa shape index (κ1) is 31.4. The van der Waals surface area contributed by atoms with Crippen LogP contribution in [0, 0.1) is 13.8 Å². The predicted octanol–water partition coefficient (Wildman–Crippen LogP) is 7.96. The molecule has 0 bridgehead atoms. The smallest absolute Gasteiger partial charge is 0.272 e. The molecule has 0 spiro atoms. The molecule has 1 unspecified atom stereocenters. The van der Waals surface area contributed by atoms with E-state index in [9.17, 15) is 14.4 Å². The van der Waals surface area contributed by atoms with E-state index in [1.165, 1.54) is 28.7 Å². The predicted molar refractivity (Wildman–Crippen MR) is 184 cm³/mol. The van der Waals surface area contributed by atoms with Gasteiger partial charge in [-0.1, -0.05) is 84.4 Å². The summed E-state index contributed by atoms with van der Waals surface area (Å²) in [5.74, 6) is -1.03. The topological polar surface area (TPSA) is 100 Å². The average Bonchev–Trinajstić information content (AvgIpc) is 3.41.